The largest absolute Gasteiger partial charge is 0.479 e. The molecule has 1 heterocycles. The van der Waals surface area contributed by atoms with Crippen LogP contribution < -0.4 is 5.32 Å². The van der Waals surface area contributed by atoms with E-state index in [1.54, 1.807) is 36.4 Å². The quantitative estimate of drug-likeness (QED) is 0.665. The molecular weight excluding hydrogens is 367 g/mol. The van der Waals surface area contributed by atoms with Gasteiger partial charge in [0, 0.05) is 17.2 Å². The number of carboxylic acid groups (broad SMARTS) is 1. The second-order valence-corrected chi connectivity index (χ2v) is 5.81. The molecule has 2 N–H and O–H groups in total. The number of alkyl halides is 3. The highest BCUT2D eigenvalue weighted by atomic mass is 19.4. The van der Waals surface area contributed by atoms with Gasteiger partial charge in [0.25, 0.3) is 0 Å². The molecule has 0 bridgehead atoms. The van der Waals surface area contributed by atoms with E-state index in [1.807, 2.05) is 0 Å². The number of halogens is 3. The van der Waals surface area contributed by atoms with Gasteiger partial charge in [0.15, 0.2) is 11.8 Å². The van der Waals surface area contributed by atoms with Crippen LogP contribution in [0, 0.1) is 0 Å². The van der Waals surface area contributed by atoms with Crippen molar-refractivity contribution < 1.29 is 37.1 Å². The molecule has 0 radical (unpaired) electrons. The number of furan rings is 1. The molecule has 1 atom stereocenters. The van der Waals surface area contributed by atoms with Crippen molar-refractivity contribution >= 4 is 39.6 Å². The SMILES string of the molecule is O=C(O)C(NC(=O)C(F)(F)F)C(=O)Cc1ccc2oc3ccccc3c2c1. The van der Waals surface area contributed by atoms with Gasteiger partial charge < -0.3 is 14.8 Å². The van der Waals surface area contributed by atoms with Crippen molar-refractivity contribution in [3.63, 3.8) is 0 Å². The fraction of sp³-hybridized carbons (Fsp3) is 0.167. The Hall–Kier alpha value is -3.36. The number of ketones is 1. The van der Waals surface area contributed by atoms with Crippen molar-refractivity contribution in [2.24, 2.45) is 0 Å². The first-order valence-corrected chi connectivity index (χ1v) is 7.70. The number of aliphatic carboxylic acids is 1. The Morgan fingerprint density at radius 3 is 2.37 bits per heavy atom. The summed E-state index contributed by atoms with van der Waals surface area (Å²) in [5.74, 6) is -5.43. The number of amides is 1. The zero-order valence-electron chi connectivity index (χ0n) is 13.5. The highest BCUT2D eigenvalue weighted by molar-refractivity contribution is 6.08. The zero-order valence-corrected chi connectivity index (χ0v) is 13.5. The Kier molecular flexibility index (Phi) is 4.61. The van der Waals surface area contributed by atoms with Crippen LogP contribution in [-0.2, 0) is 20.8 Å². The lowest BCUT2D eigenvalue weighted by molar-refractivity contribution is -0.175. The van der Waals surface area contributed by atoms with Gasteiger partial charge in [-0.1, -0.05) is 24.3 Å². The van der Waals surface area contributed by atoms with Crippen LogP contribution in [-0.4, -0.2) is 35.0 Å². The van der Waals surface area contributed by atoms with E-state index in [2.05, 4.69) is 0 Å². The average molecular weight is 379 g/mol. The van der Waals surface area contributed by atoms with Crippen LogP contribution in [0.5, 0.6) is 0 Å². The minimum absolute atomic E-state index is 0.381. The molecule has 3 aromatic rings. The maximum atomic E-state index is 12.3. The highest BCUT2D eigenvalue weighted by Crippen LogP contribution is 2.29. The molecule has 3 rings (SSSR count). The Morgan fingerprint density at radius 2 is 1.70 bits per heavy atom. The number of fused-ring (bicyclic) bond motifs is 3. The maximum absolute atomic E-state index is 12.3. The van der Waals surface area contributed by atoms with E-state index in [0.717, 1.165) is 5.39 Å². The number of benzene rings is 2. The Morgan fingerprint density at radius 1 is 1.04 bits per heavy atom. The predicted molar refractivity (Wildman–Crippen MR) is 88.1 cm³/mol. The van der Waals surface area contributed by atoms with Gasteiger partial charge in [-0.25, -0.2) is 4.79 Å². The van der Waals surface area contributed by atoms with E-state index in [4.69, 9.17) is 9.52 Å². The molecular formula is C18H12F3NO5. The molecule has 6 nitrogen and oxygen atoms in total. The molecule has 0 saturated carbocycles. The van der Waals surface area contributed by atoms with Crippen molar-refractivity contribution in [2.75, 3.05) is 0 Å². The molecule has 2 aromatic carbocycles. The number of Topliss-reactive ketones (excluding diaryl/α,β-unsaturated/α-hetero) is 1. The summed E-state index contributed by atoms with van der Waals surface area (Å²) in [4.78, 5) is 34.2. The van der Waals surface area contributed by atoms with Gasteiger partial charge in [-0.3, -0.25) is 9.59 Å². The topological polar surface area (TPSA) is 96.6 Å². The molecule has 1 aromatic heterocycles. The van der Waals surface area contributed by atoms with Crippen LogP contribution in [0.2, 0.25) is 0 Å². The first kappa shape index (κ1) is 18.4. The molecule has 140 valence electrons. The van der Waals surface area contributed by atoms with Crippen LogP contribution in [0.25, 0.3) is 21.9 Å². The van der Waals surface area contributed by atoms with E-state index >= 15 is 0 Å². The summed E-state index contributed by atoms with van der Waals surface area (Å²) in [7, 11) is 0. The van der Waals surface area contributed by atoms with Gasteiger partial charge in [-0.05, 0) is 23.8 Å². The number of para-hydroxylation sites is 1. The standard InChI is InChI=1S/C18H12F3NO5/c19-18(20,21)17(26)22-15(16(24)25)12(23)8-9-5-6-14-11(7-9)10-3-1-2-4-13(10)27-14/h1-7,15H,8H2,(H,22,26)(H,24,25). The average Bonchev–Trinajstić information content (AvgIpc) is 2.96. The van der Waals surface area contributed by atoms with Crippen LogP contribution in [0.1, 0.15) is 5.56 Å². The predicted octanol–water partition coefficient (Wildman–Crippen LogP) is 2.83. The van der Waals surface area contributed by atoms with Crippen molar-refractivity contribution in [1.29, 1.82) is 0 Å². The summed E-state index contributed by atoms with van der Waals surface area (Å²) < 4.78 is 42.6. The second kappa shape index (κ2) is 6.75. The fourth-order valence-electron chi connectivity index (χ4n) is 2.68. The van der Waals surface area contributed by atoms with Gasteiger partial charge >= 0.3 is 18.1 Å². The van der Waals surface area contributed by atoms with Crippen LogP contribution in [0.4, 0.5) is 13.2 Å². The van der Waals surface area contributed by atoms with Crippen molar-refractivity contribution in [3.05, 3.63) is 48.0 Å². The smallest absolute Gasteiger partial charge is 0.471 e. The molecule has 0 aliphatic carbocycles. The zero-order chi connectivity index (χ0) is 19.8. The van der Waals surface area contributed by atoms with Crippen molar-refractivity contribution in [1.82, 2.24) is 5.32 Å². The van der Waals surface area contributed by atoms with Crippen LogP contribution >= 0.6 is 0 Å². The van der Waals surface area contributed by atoms with Crippen LogP contribution in [0.3, 0.4) is 0 Å². The summed E-state index contributed by atoms with van der Waals surface area (Å²) in [6, 6.07) is 9.54. The molecule has 1 unspecified atom stereocenters. The summed E-state index contributed by atoms with van der Waals surface area (Å²) in [6.45, 7) is 0. The lowest BCUT2D eigenvalue weighted by atomic mass is 10.0. The number of rotatable bonds is 5. The third kappa shape index (κ3) is 3.76. The van der Waals surface area contributed by atoms with Crippen LogP contribution in [0.15, 0.2) is 46.9 Å². The molecule has 0 saturated heterocycles. The number of hydrogen-bond acceptors (Lipinski definition) is 4. The van der Waals surface area contributed by atoms with E-state index < -0.39 is 36.3 Å². The molecule has 0 spiro atoms. The van der Waals surface area contributed by atoms with Gasteiger partial charge in [-0.15, -0.1) is 0 Å². The third-order valence-electron chi connectivity index (χ3n) is 3.92. The van der Waals surface area contributed by atoms with E-state index in [-0.39, 0.29) is 0 Å². The van der Waals surface area contributed by atoms with Crippen molar-refractivity contribution in [3.8, 4) is 0 Å². The molecule has 0 aliphatic rings. The molecule has 1 amide bonds. The third-order valence-corrected chi connectivity index (χ3v) is 3.92. The lowest BCUT2D eigenvalue weighted by Crippen LogP contribution is -2.51. The highest BCUT2D eigenvalue weighted by Gasteiger charge is 2.42. The number of hydrogen-bond donors (Lipinski definition) is 2. The fourth-order valence-corrected chi connectivity index (χ4v) is 2.68. The Labute approximate surface area is 149 Å². The first-order valence-electron chi connectivity index (χ1n) is 7.70. The molecule has 0 fully saturated rings. The monoisotopic (exact) mass is 379 g/mol. The summed E-state index contributed by atoms with van der Waals surface area (Å²) >= 11 is 0. The van der Waals surface area contributed by atoms with E-state index in [9.17, 15) is 27.6 Å². The van der Waals surface area contributed by atoms with Gasteiger partial charge in [-0.2, -0.15) is 13.2 Å². The number of carboxylic acids is 1. The molecule has 27 heavy (non-hydrogen) atoms. The Bertz CT molecular complexity index is 1050. The molecule has 0 aliphatic heterocycles. The van der Waals surface area contributed by atoms with Crippen molar-refractivity contribution in [2.45, 2.75) is 18.6 Å². The Balaban J connectivity index is 1.86. The number of nitrogens with one attached hydrogen (secondary N) is 1. The van der Waals surface area contributed by atoms with Gasteiger partial charge in [0.1, 0.15) is 11.2 Å². The van der Waals surface area contributed by atoms with E-state index in [0.29, 0.717) is 22.1 Å². The van der Waals surface area contributed by atoms with Gasteiger partial charge in [0.2, 0.25) is 0 Å². The summed E-state index contributed by atoms with van der Waals surface area (Å²) in [5.41, 5.74) is 1.55. The van der Waals surface area contributed by atoms with Gasteiger partial charge in [0.05, 0.1) is 0 Å². The summed E-state index contributed by atoms with van der Waals surface area (Å²) in [6.07, 6.45) is -5.76. The first-order chi connectivity index (χ1) is 12.7. The summed E-state index contributed by atoms with van der Waals surface area (Å²) in [5, 5.41) is 11.7. The number of carbonyl (C=O) groups excluding carboxylic acids is 2. The lowest BCUT2D eigenvalue weighted by Gasteiger charge is -2.14. The van der Waals surface area contributed by atoms with E-state index in [1.165, 1.54) is 11.4 Å². The molecule has 9 heteroatoms. The second-order valence-electron chi connectivity index (χ2n) is 5.81. The normalized spacial score (nSPS) is 12.9. The maximum Gasteiger partial charge on any atom is 0.471 e. The minimum Gasteiger partial charge on any atom is -0.479 e. The minimum atomic E-state index is -5.29. The number of carbonyl (C=O) groups is 3.